The van der Waals surface area contributed by atoms with Gasteiger partial charge in [0.15, 0.2) is 0 Å². The normalized spacial score (nSPS) is 32.9. The van der Waals surface area contributed by atoms with E-state index >= 15 is 0 Å². The van der Waals surface area contributed by atoms with E-state index < -0.39 is 0 Å². The molecule has 6 atom stereocenters. The highest BCUT2D eigenvalue weighted by molar-refractivity contribution is 6.00. The molecule has 0 aliphatic heterocycles. The van der Waals surface area contributed by atoms with Gasteiger partial charge in [0.2, 0.25) is 0 Å². The molecule has 4 N–H and O–H groups in total. The maximum Gasteiger partial charge on any atom is 0.143 e. The molecule has 4 saturated carbocycles. The molecule has 2 heterocycles. The van der Waals surface area contributed by atoms with Crippen LogP contribution in [-0.4, -0.2) is 27.0 Å². The minimum atomic E-state index is 0.574. The molecule has 4 aliphatic carbocycles. The molecule has 31 heavy (non-hydrogen) atoms. The number of fused-ring (bicyclic) bond motifs is 5. The van der Waals surface area contributed by atoms with E-state index in [0.717, 1.165) is 40.5 Å². The van der Waals surface area contributed by atoms with Crippen LogP contribution in [0.4, 0.5) is 5.82 Å². The van der Waals surface area contributed by atoms with E-state index in [-0.39, 0.29) is 0 Å². The van der Waals surface area contributed by atoms with Gasteiger partial charge in [-0.05, 0) is 67.8 Å². The fraction of sp³-hybridized carbons (Fsp3) is 0.538. The average Bonchev–Trinajstić information content (AvgIpc) is 3.61. The van der Waals surface area contributed by atoms with E-state index in [0.29, 0.717) is 12.1 Å². The first kappa shape index (κ1) is 19.3. The lowest BCUT2D eigenvalue weighted by Crippen LogP contribution is -2.26. The number of H-pyrrole nitrogens is 1. The zero-order valence-electron chi connectivity index (χ0n) is 18.1. The number of nitrogens with zero attached hydrogens (tertiary/aromatic N) is 2. The van der Waals surface area contributed by atoms with Gasteiger partial charge < -0.3 is 16.0 Å². The van der Waals surface area contributed by atoms with Crippen LogP contribution < -0.4 is 11.1 Å². The first-order chi connectivity index (χ1) is 15.2. The van der Waals surface area contributed by atoms with Crippen LogP contribution >= 0.6 is 0 Å². The third-order valence-corrected chi connectivity index (χ3v) is 8.41. The predicted octanol–water partition coefficient (Wildman–Crippen LogP) is 5.36. The third kappa shape index (κ3) is 3.63. The Bertz CT molecular complexity index is 1040. The van der Waals surface area contributed by atoms with Gasteiger partial charge in [0.25, 0.3) is 0 Å². The molecule has 4 bridgehead atoms. The van der Waals surface area contributed by atoms with Crippen molar-refractivity contribution in [3.8, 4) is 11.1 Å². The maximum atomic E-state index is 5.82. The predicted molar refractivity (Wildman–Crippen MR) is 126 cm³/mol. The molecule has 5 nitrogen and oxygen atoms in total. The van der Waals surface area contributed by atoms with Crippen molar-refractivity contribution in [2.24, 2.45) is 29.4 Å². The zero-order chi connectivity index (χ0) is 20.8. The summed E-state index contributed by atoms with van der Waals surface area (Å²) in [7, 11) is 0. The highest BCUT2D eigenvalue weighted by Crippen LogP contribution is 2.46. The number of hydrogen-bond acceptors (Lipinski definition) is 4. The standard InChI is InChI=1S/C19H20N4.C7H13N/c1-2-4-13(5-3-1)15-10-20-18-17(15)19(22-11-21-18)23-16-9-12-6-7-14(16)8-12;8-7-4-5-1-2-6(7)3-5/h1-5,10-12,14,16H,6-9H2,(H2,20,21,22,23);5-7H,1-4,8H2. The molecule has 162 valence electrons. The number of aromatic amines is 1. The molecule has 7 rings (SSSR count). The molecule has 6 unspecified atom stereocenters. The summed E-state index contributed by atoms with van der Waals surface area (Å²) in [5, 5.41) is 4.85. The van der Waals surface area contributed by atoms with Gasteiger partial charge in [-0.3, -0.25) is 0 Å². The monoisotopic (exact) mass is 415 g/mol. The topological polar surface area (TPSA) is 79.6 Å². The number of nitrogens with two attached hydrogens (primary N) is 1. The van der Waals surface area contributed by atoms with Gasteiger partial charge in [-0.2, -0.15) is 0 Å². The summed E-state index contributed by atoms with van der Waals surface area (Å²) >= 11 is 0. The van der Waals surface area contributed by atoms with Crippen LogP contribution in [0.25, 0.3) is 22.2 Å². The summed E-state index contributed by atoms with van der Waals surface area (Å²) < 4.78 is 0. The van der Waals surface area contributed by atoms with Gasteiger partial charge in [-0.25, -0.2) is 9.97 Å². The molecule has 2 aromatic heterocycles. The highest BCUT2D eigenvalue weighted by atomic mass is 15.1. The van der Waals surface area contributed by atoms with Gasteiger partial charge in [0.1, 0.15) is 17.8 Å². The second-order valence-electron chi connectivity index (χ2n) is 10.3. The fourth-order valence-electron chi connectivity index (χ4n) is 6.81. The number of hydrogen-bond donors (Lipinski definition) is 3. The minimum Gasteiger partial charge on any atom is -0.366 e. The molecular formula is C26H33N5. The maximum absolute atomic E-state index is 5.82. The van der Waals surface area contributed by atoms with Gasteiger partial charge in [0.05, 0.1) is 5.39 Å². The molecule has 5 heteroatoms. The first-order valence-corrected chi connectivity index (χ1v) is 12.1. The minimum absolute atomic E-state index is 0.574. The van der Waals surface area contributed by atoms with Crippen LogP contribution in [0.1, 0.15) is 51.4 Å². The Morgan fingerprint density at radius 2 is 1.65 bits per heavy atom. The SMILES string of the molecule is NC1CC2CCC1C2.c1ccc(-c2c[nH]c3ncnc(NC4CC5CCC4C5)c23)cc1. The number of rotatable bonds is 3. The molecule has 1 aromatic carbocycles. The smallest absolute Gasteiger partial charge is 0.143 e. The number of benzene rings is 1. The van der Waals surface area contributed by atoms with E-state index in [2.05, 4.69) is 44.5 Å². The molecule has 0 spiro atoms. The van der Waals surface area contributed by atoms with Crippen molar-refractivity contribution in [3.63, 3.8) is 0 Å². The van der Waals surface area contributed by atoms with Crippen molar-refractivity contribution < 1.29 is 0 Å². The van der Waals surface area contributed by atoms with E-state index in [1.54, 1.807) is 6.33 Å². The van der Waals surface area contributed by atoms with Crippen LogP contribution in [0, 0.1) is 23.7 Å². The third-order valence-electron chi connectivity index (χ3n) is 8.41. The summed E-state index contributed by atoms with van der Waals surface area (Å²) in [6.07, 6.45) is 14.8. The number of aromatic nitrogens is 3. The highest BCUT2D eigenvalue weighted by Gasteiger charge is 2.40. The van der Waals surface area contributed by atoms with Crippen molar-refractivity contribution in [3.05, 3.63) is 42.9 Å². The summed E-state index contributed by atoms with van der Waals surface area (Å²) in [4.78, 5) is 12.3. The number of anilines is 1. The van der Waals surface area contributed by atoms with Gasteiger partial charge in [-0.15, -0.1) is 0 Å². The molecular weight excluding hydrogens is 382 g/mol. The van der Waals surface area contributed by atoms with Gasteiger partial charge >= 0.3 is 0 Å². The first-order valence-electron chi connectivity index (χ1n) is 12.1. The van der Waals surface area contributed by atoms with Crippen LogP contribution in [0.5, 0.6) is 0 Å². The summed E-state index contributed by atoms with van der Waals surface area (Å²) in [6.45, 7) is 0. The Balaban J connectivity index is 0.000000194. The van der Waals surface area contributed by atoms with E-state index in [4.69, 9.17) is 5.73 Å². The van der Waals surface area contributed by atoms with Crippen LogP contribution in [-0.2, 0) is 0 Å². The van der Waals surface area contributed by atoms with Crippen molar-refractivity contribution in [2.45, 2.75) is 63.5 Å². The molecule has 4 fully saturated rings. The molecule has 0 amide bonds. The second-order valence-corrected chi connectivity index (χ2v) is 10.3. The Morgan fingerprint density at radius 3 is 2.26 bits per heavy atom. The lowest BCUT2D eigenvalue weighted by molar-refractivity contribution is 0.418. The summed E-state index contributed by atoms with van der Waals surface area (Å²) in [5.74, 6) is 4.67. The van der Waals surface area contributed by atoms with Gasteiger partial charge in [0, 0.05) is 23.8 Å². The van der Waals surface area contributed by atoms with Crippen LogP contribution in [0.2, 0.25) is 0 Å². The Labute approximate surface area is 184 Å². The molecule has 0 radical (unpaired) electrons. The van der Waals surface area contributed by atoms with Crippen molar-refractivity contribution in [2.75, 3.05) is 5.32 Å². The average molecular weight is 416 g/mol. The summed E-state index contributed by atoms with van der Waals surface area (Å²) in [6, 6.07) is 11.6. The Morgan fingerprint density at radius 1 is 0.871 bits per heavy atom. The summed E-state index contributed by atoms with van der Waals surface area (Å²) in [5.41, 5.74) is 9.10. The van der Waals surface area contributed by atoms with Crippen molar-refractivity contribution >= 4 is 16.9 Å². The zero-order valence-corrected chi connectivity index (χ0v) is 18.1. The second kappa shape index (κ2) is 7.94. The lowest BCUT2D eigenvalue weighted by atomic mass is 9.95. The Hall–Kier alpha value is -2.40. The quantitative estimate of drug-likeness (QED) is 0.538. The van der Waals surface area contributed by atoms with E-state index in [9.17, 15) is 0 Å². The van der Waals surface area contributed by atoms with Crippen molar-refractivity contribution in [1.29, 1.82) is 0 Å². The molecule has 4 aliphatic rings. The number of nitrogens with one attached hydrogen (secondary N) is 2. The lowest BCUT2D eigenvalue weighted by Gasteiger charge is -2.23. The fourth-order valence-corrected chi connectivity index (χ4v) is 6.81. The van der Waals surface area contributed by atoms with Crippen LogP contribution in [0.3, 0.4) is 0 Å². The molecule has 3 aromatic rings. The van der Waals surface area contributed by atoms with E-state index in [1.165, 1.54) is 62.5 Å². The van der Waals surface area contributed by atoms with Crippen LogP contribution in [0.15, 0.2) is 42.9 Å². The Kier molecular flexibility index (Phi) is 4.94. The largest absolute Gasteiger partial charge is 0.366 e. The van der Waals surface area contributed by atoms with Gasteiger partial charge in [-0.1, -0.05) is 43.2 Å². The van der Waals surface area contributed by atoms with E-state index in [1.807, 2.05) is 12.3 Å². The molecule has 0 saturated heterocycles. The van der Waals surface area contributed by atoms with Crippen molar-refractivity contribution in [1.82, 2.24) is 15.0 Å².